The van der Waals surface area contributed by atoms with Crippen LogP contribution in [0.1, 0.15) is 49.1 Å². The molecule has 0 saturated carbocycles. The summed E-state index contributed by atoms with van der Waals surface area (Å²) in [5.41, 5.74) is 6.36. The minimum Gasteiger partial charge on any atom is -0.249 e. The van der Waals surface area contributed by atoms with Gasteiger partial charge in [0.05, 0.1) is 11.2 Å². The Labute approximate surface area is 109 Å². The van der Waals surface area contributed by atoms with Crippen molar-refractivity contribution < 1.29 is 0 Å². The second kappa shape index (κ2) is 4.01. The first-order valence-corrected chi connectivity index (χ1v) is 6.34. The van der Waals surface area contributed by atoms with Crippen molar-refractivity contribution in [3.8, 4) is 0 Å². The summed E-state index contributed by atoms with van der Waals surface area (Å²) >= 11 is 0. The molecule has 0 aliphatic rings. The van der Waals surface area contributed by atoms with Crippen molar-refractivity contribution in [3.63, 3.8) is 0 Å². The van der Waals surface area contributed by atoms with Crippen molar-refractivity contribution in [1.29, 1.82) is 0 Å². The molecule has 2 aromatic heterocycles. The van der Waals surface area contributed by atoms with E-state index in [4.69, 9.17) is 4.98 Å². The topological polar surface area (TPSA) is 38.7 Å². The molecule has 0 atom stereocenters. The van der Waals surface area contributed by atoms with Gasteiger partial charge in [0, 0.05) is 11.1 Å². The number of hydrogen-bond donors (Lipinski definition) is 0. The molecule has 2 aromatic rings. The maximum atomic E-state index is 4.74. The molecular formula is C15H21N3. The van der Waals surface area contributed by atoms with Crippen LogP contribution in [0, 0.1) is 27.7 Å². The Morgan fingerprint density at radius 1 is 0.667 bits per heavy atom. The SMILES string of the molecule is Cc1nc2c(C)nc(C(C)(C)C)nc2c(C)c1C. The van der Waals surface area contributed by atoms with Crippen molar-refractivity contribution in [1.82, 2.24) is 15.0 Å². The fourth-order valence-corrected chi connectivity index (χ4v) is 2.00. The van der Waals surface area contributed by atoms with Crippen LogP contribution in [0.25, 0.3) is 11.0 Å². The molecule has 18 heavy (non-hydrogen) atoms. The predicted octanol–water partition coefficient (Wildman–Crippen LogP) is 3.56. The maximum Gasteiger partial charge on any atom is 0.134 e. The van der Waals surface area contributed by atoms with E-state index in [1.807, 2.05) is 13.8 Å². The first-order chi connectivity index (χ1) is 8.21. The number of pyridine rings is 1. The molecule has 0 aliphatic carbocycles. The molecule has 3 heteroatoms. The van der Waals surface area contributed by atoms with Crippen LogP contribution in [-0.4, -0.2) is 15.0 Å². The minimum absolute atomic E-state index is 0.0375. The van der Waals surface area contributed by atoms with E-state index in [1.165, 1.54) is 11.1 Å². The fraction of sp³-hybridized carbons (Fsp3) is 0.533. The lowest BCUT2D eigenvalue weighted by molar-refractivity contribution is 0.546. The maximum absolute atomic E-state index is 4.74. The van der Waals surface area contributed by atoms with Gasteiger partial charge in [-0.1, -0.05) is 20.8 Å². The van der Waals surface area contributed by atoms with Crippen LogP contribution in [0.5, 0.6) is 0 Å². The standard InChI is InChI=1S/C15H21N3/c1-8-9(2)12-13(16-10(8)3)11(4)17-14(18-12)15(5,6)7/h1-7H3. The molecular weight excluding hydrogens is 222 g/mol. The van der Waals surface area contributed by atoms with Gasteiger partial charge in [0.25, 0.3) is 0 Å². The van der Waals surface area contributed by atoms with E-state index in [0.29, 0.717) is 0 Å². The molecule has 2 heterocycles. The van der Waals surface area contributed by atoms with Gasteiger partial charge in [-0.05, 0) is 38.8 Å². The molecule has 0 radical (unpaired) electrons. The molecule has 0 unspecified atom stereocenters. The highest BCUT2D eigenvalue weighted by Crippen LogP contribution is 2.26. The summed E-state index contributed by atoms with van der Waals surface area (Å²) in [5, 5.41) is 0. The zero-order valence-corrected chi connectivity index (χ0v) is 12.3. The minimum atomic E-state index is -0.0375. The second-order valence-corrected chi connectivity index (χ2v) is 6.03. The van der Waals surface area contributed by atoms with Gasteiger partial charge in [0.15, 0.2) is 0 Å². The van der Waals surface area contributed by atoms with Crippen molar-refractivity contribution in [2.75, 3.05) is 0 Å². The van der Waals surface area contributed by atoms with Crippen LogP contribution >= 0.6 is 0 Å². The highest BCUT2D eigenvalue weighted by atomic mass is 14.9. The van der Waals surface area contributed by atoms with Crippen molar-refractivity contribution >= 4 is 11.0 Å². The second-order valence-electron chi connectivity index (χ2n) is 6.03. The van der Waals surface area contributed by atoms with Crippen LogP contribution in [-0.2, 0) is 5.41 Å². The van der Waals surface area contributed by atoms with E-state index in [-0.39, 0.29) is 5.41 Å². The molecule has 96 valence electrons. The summed E-state index contributed by atoms with van der Waals surface area (Å²) in [6, 6.07) is 0. The number of nitrogens with zero attached hydrogens (tertiary/aromatic N) is 3. The Balaban J connectivity index is 2.88. The molecule has 0 amide bonds. The van der Waals surface area contributed by atoms with Gasteiger partial charge in [-0.15, -0.1) is 0 Å². The van der Waals surface area contributed by atoms with Crippen LogP contribution < -0.4 is 0 Å². The summed E-state index contributed by atoms with van der Waals surface area (Å²) in [6.45, 7) is 14.7. The first-order valence-electron chi connectivity index (χ1n) is 6.34. The molecule has 0 bridgehead atoms. The van der Waals surface area contributed by atoms with E-state index in [1.54, 1.807) is 0 Å². The van der Waals surface area contributed by atoms with Gasteiger partial charge < -0.3 is 0 Å². The summed E-state index contributed by atoms with van der Waals surface area (Å²) in [7, 11) is 0. The molecule has 0 fully saturated rings. The normalized spacial score (nSPS) is 12.2. The monoisotopic (exact) mass is 243 g/mol. The highest BCUT2D eigenvalue weighted by Gasteiger charge is 2.20. The lowest BCUT2D eigenvalue weighted by Crippen LogP contribution is -2.17. The van der Waals surface area contributed by atoms with Crippen LogP contribution in [0.3, 0.4) is 0 Å². The fourth-order valence-electron chi connectivity index (χ4n) is 2.00. The lowest BCUT2D eigenvalue weighted by atomic mass is 9.95. The number of fused-ring (bicyclic) bond motifs is 1. The summed E-state index contributed by atoms with van der Waals surface area (Å²) in [6.07, 6.45) is 0. The van der Waals surface area contributed by atoms with E-state index in [9.17, 15) is 0 Å². The van der Waals surface area contributed by atoms with Crippen molar-refractivity contribution in [3.05, 3.63) is 28.3 Å². The van der Waals surface area contributed by atoms with Gasteiger partial charge in [-0.25, -0.2) is 15.0 Å². The van der Waals surface area contributed by atoms with Gasteiger partial charge in [-0.3, -0.25) is 0 Å². The van der Waals surface area contributed by atoms with E-state index in [2.05, 4.69) is 44.6 Å². The number of hydrogen-bond acceptors (Lipinski definition) is 3. The summed E-state index contributed by atoms with van der Waals surface area (Å²) < 4.78 is 0. The smallest absolute Gasteiger partial charge is 0.134 e. The quantitative estimate of drug-likeness (QED) is 0.710. The Kier molecular flexibility index (Phi) is 2.88. The van der Waals surface area contributed by atoms with Crippen molar-refractivity contribution in [2.24, 2.45) is 0 Å². The predicted molar refractivity (Wildman–Crippen MR) is 75.0 cm³/mol. The molecule has 0 aromatic carbocycles. The first kappa shape index (κ1) is 12.9. The zero-order chi connectivity index (χ0) is 13.7. The third kappa shape index (κ3) is 1.98. The lowest BCUT2D eigenvalue weighted by Gasteiger charge is -2.19. The highest BCUT2D eigenvalue weighted by molar-refractivity contribution is 5.81. The summed E-state index contributed by atoms with van der Waals surface area (Å²) in [5.74, 6) is 0.889. The van der Waals surface area contributed by atoms with Crippen LogP contribution in [0.4, 0.5) is 0 Å². The van der Waals surface area contributed by atoms with Gasteiger partial charge in [0.2, 0.25) is 0 Å². The van der Waals surface area contributed by atoms with E-state index >= 15 is 0 Å². The summed E-state index contributed by atoms with van der Waals surface area (Å²) in [4.78, 5) is 14.0. The average molecular weight is 243 g/mol. The molecule has 0 aliphatic heterocycles. The molecule has 2 rings (SSSR count). The van der Waals surface area contributed by atoms with Gasteiger partial charge in [0.1, 0.15) is 11.3 Å². The van der Waals surface area contributed by atoms with E-state index in [0.717, 1.165) is 28.2 Å². The third-order valence-corrected chi connectivity index (χ3v) is 3.47. The third-order valence-electron chi connectivity index (χ3n) is 3.47. The van der Waals surface area contributed by atoms with Crippen LogP contribution in [0.15, 0.2) is 0 Å². The number of aromatic nitrogens is 3. The van der Waals surface area contributed by atoms with Crippen molar-refractivity contribution in [2.45, 2.75) is 53.9 Å². The molecule has 0 saturated heterocycles. The zero-order valence-electron chi connectivity index (χ0n) is 12.3. The van der Waals surface area contributed by atoms with Gasteiger partial charge in [-0.2, -0.15) is 0 Å². The Morgan fingerprint density at radius 2 is 1.28 bits per heavy atom. The largest absolute Gasteiger partial charge is 0.249 e. The molecule has 0 N–H and O–H groups in total. The number of rotatable bonds is 0. The van der Waals surface area contributed by atoms with Gasteiger partial charge >= 0.3 is 0 Å². The number of aryl methyl sites for hydroxylation is 3. The molecule has 3 nitrogen and oxygen atoms in total. The van der Waals surface area contributed by atoms with Crippen LogP contribution in [0.2, 0.25) is 0 Å². The average Bonchev–Trinajstić information content (AvgIpc) is 2.26. The Morgan fingerprint density at radius 3 is 1.83 bits per heavy atom. The Bertz CT molecular complexity index is 622. The molecule has 0 spiro atoms. The Hall–Kier alpha value is -1.51. The van der Waals surface area contributed by atoms with E-state index < -0.39 is 0 Å².